The molecule has 0 spiro atoms. The van der Waals surface area contributed by atoms with Gasteiger partial charge in [-0.25, -0.2) is 0 Å². The van der Waals surface area contributed by atoms with Gasteiger partial charge in [0.25, 0.3) is 5.91 Å². The highest BCUT2D eigenvalue weighted by Gasteiger charge is 2.21. The molecular formula is C16H26F2N4O. The SMILES string of the molecule is Cc1ccc(C(=O)NCC[C@@H](C)N2CCN(C)CC2)n1C(F)F. The van der Waals surface area contributed by atoms with Gasteiger partial charge in [0.1, 0.15) is 5.69 Å². The van der Waals surface area contributed by atoms with Crippen LogP contribution in [0.15, 0.2) is 12.1 Å². The largest absolute Gasteiger partial charge is 0.351 e. The van der Waals surface area contributed by atoms with E-state index < -0.39 is 12.5 Å². The van der Waals surface area contributed by atoms with Crippen LogP contribution in [0, 0.1) is 6.92 Å². The molecule has 1 aliphatic heterocycles. The summed E-state index contributed by atoms with van der Waals surface area (Å²) >= 11 is 0. The Morgan fingerprint density at radius 2 is 1.91 bits per heavy atom. The second-order valence-corrected chi connectivity index (χ2v) is 6.24. The molecule has 1 aromatic rings. The van der Waals surface area contributed by atoms with Gasteiger partial charge in [-0.3, -0.25) is 14.3 Å². The lowest BCUT2D eigenvalue weighted by Gasteiger charge is -2.36. The Labute approximate surface area is 136 Å². The Balaban J connectivity index is 1.81. The van der Waals surface area contributed by atoms with E-state index in [0.29, 0.717) is 18.3 Å². The summed E-state index contributed by atoms with van der Waals surface area (Å²) in [7, 11) is 2.11. The summed E-state index contributed by atoms with van der Waals surface area (Å²) in [6.07, 6.45) is 0.809. The zero-order chi connectivity index (χ0) is 17.0. The molecular weight excluding hydrogens is 302 g/mol. The lowest BCUT2D eigenvalue weighted by molar-refractivity contribution is 0.0616. The maximum atomic E-state index is 13.0. The van der Waals surface area contributed by atoms with E-state index in [1.54, 1.807) is 6.92 Å². The number of carbonyl (C=O) groups excluding carboxylic acids is 1. The molecule has 1 saturated heterocycles. The van der Waals surface area contributed by atoms with Crippen LogP contribution in [0.1, 0.15) is 36.1 Å². The molecule has 1 aliphatic rings. The van der Waals surface area contributed by atoms with Gasteiger partial charge in [0.05, 0.1) is 0 Å². The van der Waals surface area contributed by atoms with Gasteiger partial charge in [-0.05, 0) is 39.4 Å². The quantitative estimate of drug-likeness (QED) is 0.868. The third-order valence-electron chi connectivity index (χ3n) is 4.56. The first-order chi connectivity index (χ1) is 10.9. The molecule has 0 radical (unpaired) electrons. The molecule has 1 aromatic heterocycles. The molecule has 0 saturated carbocycles. The second-order valence-electron chi connectivity index (χ2n) is 6.24. The standard InChI is InChI=1S/C16H26F2N4O/c1-12(21-10-8-20(3)9-11-21)6-7-19-15(23)14-5-4-13(2)22(14)16(17)18/h4-5,12,16H,6-11H2,1-3H3,(H,19,23)/t12-/m1/s1. The third kappa shape index (κ3) is 4.51. The average Bonchev–Trinajstić information content (AvgIpc) is 2.89. The van der Waals surface area contributed by atoms with E-state index in [4.69, 9.17) is 0 Å². The van der Waals surface area contributed by atoms with Crippen molar-refractivity contribution >= 4 is 5.91 Å². The van der Waals surface area contributed by atoms with Crippen molar-refractivity contribution in [2.75, 3.05) is 39.8 Å². The maximum absolute atomic E-state index is 13.0. The van der Waals surface area contributed by atoms with E-state index in [2.05, 4.69) is 29.1 Å². The number of aryl methyl sites for hydroxylation is 1. The molecule has 5 nitrogen and oxygen atoms in total. The molecule has 0 bridgehead atoms. The number of hydrogen-bond acceptors (Lipinski definition) is 3. The molecule has 2 rings (SSSR count). The van der Waals surface area contributed by atoms with Crippen LogP contribution in [0.5, 0.6) is 0 Å². The number of piperazine rings is 1. The summed E-state index contributed by atoms with van der Waals surface area (Å²) in [5, 5.41) is 2.76. The highest BCUT2D eigenvalue weighted by atomic mass is 19.3. The van der Waals surface area contributed by atoms with Crippen molar-refractivity contribution in [2.45, 2.75) is 32.9 Å². The van der Waals surface area contributed by atoms with Gasteiger partial charge in [0, 0.05) is 44.5 Å². The second kappa shape index (κ2) is 7.88. The first kappa shape index (κ1) is 17.9. The maximum Gasteiger partial charge on any atom is 0.319 e. The Kier molecular flexibility index (Phi) is 6.12. The summed E-state index contributed by atoms with van der Waals surface area (Å²) in [6, 6.07) is 3.35. The molecule has 1 fully saturated rings. The van der Waals surface area contributed by atoms with E-state index in [-0.39, 0.29) is 5.69 Å². The van der Waals surface area contributed by atoms with Gasteiger partial charge in [0.15, 0.2) is 0 Å². The van der Waals surface area contributed by atoms with E-state index in [0.717, 1.165) is 37.2 Å². The molecule has 1 amide bonds. The Morgan fingerprint density at radius 1 is 1.26 bits per heavy atom. The molecule has 23 heavy (non-hydrogen) atoms. The van der Waals surface area contributed by atoms with E-state index >= 15 is 0 Å². The number of halogens is 2. The van der Waals surface area contributed by atoms with Gasteiger partial charge in [-0.15, -0.1) is 0 Å². The third-order valence-corrected chi connectivity index (χ3v) is 4.56. The van der Waals surface area contributed by atoms with Crippen LogP contribution in [0.3, 0.4) is 0 Å². The zero-order valence-electron chi connectivity index (χ0n) is 14.1. The minimum atomic E-state index is -2.70. The first-order valence-corrected chi connectivity index (χ1v) is 8.07. The lowest BCUT2D eigenvalue weighted by atomic mass is 10.1. The van der Waals surface area contributed by atoms with Crippen LogP contribution in [-0.4, -0.2) is 66.1 Å². The molecule has 7 heteroatoms. The Bertz CT molecular complexity index is 524. The molecule has 0 unspecified atom stereocenters. The Morgan fingerprint density at radius 3 is 2.52 bits per heavy atom. The van der Waals surface area contributed by atoms with Crippen LogP contribution < -0.4 is 5.32 Å². The van der Waals surface area contributed by atoms with Crippen molar-refractivity contribution in [3.8, 4) is 0 Å². The van der Waals surface area contributed by atoms with Gasteiger partial charge >= 0.3 is 6.55 Å². The Hall–Kier alpha value is -1.47. The number of alkyl halides is 2. The van der Waals surface area contributed by atoms with Crippen molar-refractivity contribution < 1.29 is 13.6 Å². The van der Waals surface area contributed by atoms with E-state index in [1.165, 1.54) is 12.1 Å². The number of nitrogens with one attached hydrogen (secondary N) is 1. The number of rotatable bonds is 6. The fraction of sp³-hybridized carbons (Fsp3) is 0.688. The zero-order valence-corrected chi connectivity index (χ0v) is 14.1. The summed E-state index contributed by atoms with van der Waals surface area (Å²) in [4.78, 5) is 16.8. The monoisotopic (exact) mass is 328 g/mol. The first-order valence-electron chi connectivity index (χ1n) is 8.07. The molecule has 130 valence electrons. The highest BCUT2D eigenvalue weighted by molar-refractivity contribution is 5.92. The van der Waals surface area contributed by atoms with Crippen molar-refractivity contribution in [3.05, 3.63) is 23.5 Å². The highest BCUT2D eigenvalue weighted by Crippen LogP contribution is 2.18. The van der Waals surface area contributed by atoms with E-state index in [1.807, 2.05) is 0 Å². The van der Waals surface area contributed by atoms with Crippen molar-refractivity contribution in [2.24, 2.45) is 0 Å². The summed E-state index contributed by atoms with van der Waals surface area (Å²) < 4.78 is 26.7. The van der Waals surface area contributed by atoms with Crippen LogP contribution in [-0.2, 0) is 0 Å². The molecule has 0 aliphatic carbocycles. The molecule has 1 atom stereocenters. The normalized spacial score (nSPS) is 18.3. The number of amides is 1. The predicted octanol–water partition coefficient (Wildman–Crippen LogP) is 1.95. The minimum absolute atomic E-state index is 0.0183. The number of hydrogen-bond donors (Lipinski definition) is 1. The predicted molar refractivity (Wildman–Crippen MR) is 85.9 cm³/mol. The van der Waals surface area contributed by atoms with Crippen molar-refractivity contribution in [3.63, 3.8) is 0 Å². The number of nitrogens with zero attached hydrogens (tertiary/aromatic N) is 3. The minimum Gasteiger partial charge on any atom is -0.351 e. The number of likely N-dealkylation sites (N-methyl/N-ethyl adjacent to an activating group) is 1. The summed E-state index contributed by atoms with van der Waals surface area (Å²) in [6.45, 7) is 5.66. The van der Waals surface area contributed by atoms with Gasteiger partial charge in [0.2, 0.25) is 0 Å². The van der Waals surface area contributed by atoms with Crippen LogP contribution in [0.4, 0.5) is 8.78 Å². The smallest absolute Gasteiger partial charge is 0.319 e. The molecule has 0 aromatic carbocycles. The molecule has 1 N–H and O–H groups in total. The van der Waals surface area contributed by atoms with Crippen LogP contribution >= 0.6 is 0 Å². The van der Waals surface area contributed by atoms with Crippen molar-refractivity contribution in [1.29, 1.82) is 0 Å². The number of carbonyl (C=O) groups is 1. The van der Waals surface area contributed by atoms with Gasteiger partial charge in [-0.2, -0.15) is 8.78 Å². The summed E-state index contributed by atoms with van der Waals surface area (Å²) in [5.74, 6) is -0.441. The van der Waals surface area contributed by atoms with Gasteiger partial charge in [-0.1, -0.05) is 0 Å². The fourth-order valence-electron chi connectivity index (χ4n) is 2.92. The topological polar surface area (TPSA) is 40.5 Å². The van der Waals surface area contributed by atoms with E-state index in [9.17, 15) is 13.6 Å². The number of aromatic nitrogens is 1. The summed E-state index contributed by atoms with van der Waals surface area (Å²) in [5.41, 5.74) is 0.403. The fourth-order valence-corrected chi connectivity index (χ4v) is 2.92. The molecule has 2 heterocycles. The van der Waals surface area contributed by atoms with Crippen LogP contribution in [0.25, 0.3) is 0 Å². The average molecular weight is 328 g/mol. The lowest BCUT2D eigenvalue weighted by Crippen LogP contribution is -2.48. The van der Waals surface area contributed by atoms with Crippen LogP contribution in [0.2, 0.25) is 0 Å². The van der Waals surface area contributed by atoms with Gasteiger partial charge < -0.3 is 10.2 Å². The van der Waals surface area contributed by atoms with Crippen molar-refractivity contribution in [1.82, 2.24) is 19.7 Å².